The van der Waals surface area contributed by atoms with Gasteiger partial charge in [0.15, 0.2) is 0 Å². The van der Waals surface area contributed by atoms with Gasteiger partial charge in [0.2, 0.25) is 0 Å². The lowest BCUT2D eigenvalue weighted by atomic mass is 10.2. The molecule has 1 aromatic heterocycles. The summed E-state index contributed by atoms with van der Waals surface area (Å²) in [5, 5.41) is 12.3. The fourth-order valence-corrected chi connectivity index (χ4v) is 2.23. The van der Waals surface area contributed by atoms with E-state index >= 15 is 0 Å². The minimum absolute atomic E-state index is 0.584. The molecule has 0 saturated heterocycles. The molecule has 21 heavy (non-hydrogen) atoms. The smallest absolute Gasteiger partial charge is 0.124 e. The van der Waals surface area contributed by atoms with E-state index in [1.807, 2.05) is 24.4 Å². The lowest BCUT2D eigenvalue weighted by Crippen LogP contribution is -2.19. The maximum absolute atomic E-state index is 6.03. The molecule has 0 atom stereocenters. The summed E-state index contributed by atoms with van der Waals surface area (Å²) < 4.78 is 7.13. The number of hydrogen-bond donors (Lipinski definition) is 1. The first-order valence-electron chi connectivity index (χ1n) is 7.00. The Labute approximate surface area is 130 Å². The van der Waals surface area contributed by atoms with Crippen LogP contribution < -0.4 is 10.1 Å². The Hall–Kier alpha value is -1.59. The fourth-order valence-electron chi connectivity index (χ4n) is 2.03. The van der Waals surface area contributed by atoms with Crippen LogP contribution >= 0.6 is 11.6 Å². The predicted octanol–water partition coefficient (Wildman–Crippen LogP) is 2.73. The van der Waals surface area contributed by atoms with Crippen LogP contribution in [0.2, 0.25) is 5.02 Å². The van der Waals surface area contributed by atoms with E-state index in [1.165, 1.54) is 0 Å². The molecular formula is C15H21ClN4O. The lowest BCUT2D eigenvalue weighted by molar-refractivity contribution is 0.407. The molecule has 1 heterocycles. The van der Waals surface area contributed by atoms with Gasteiger partial charge < -0.3 is 10.1 Å². The van der Waals surface area contributed by atoms with Crippen molar-refractivity contribution in [1.82, 2.24) is 20.3 Å². The summed E-state index contributed by atoms with van der Waals surface area (Å²) in [4.78, 5) is 0. The Kier molecular flexibility index (Phi) is 5.59. The van der Waals surface area contributed by atoms with Crippen LogP contribution in [0.3, 0.4) is 0 Å². The van der Waals surface area contributed by atoms with E-state index in [4.69, 9.17) is 16.3 Å². The van der Waals surface area contributed by atoms with E-state index in [0.29, 0.717) is 17.5 Å². The number of methoxy groups -OCH3 is 1. The summed E-state index contributed by atoms with van der Waals surface area (Å²) in [5.41, 5.74) is 1.91. The molecule has 0 saturated carbocycles. The van der Waals surface area contributed by atoms with Crippen molar-refractivity contribution >= 4 is 11.6 Å². The van der Waals surface area contributed by atoms with Gasteiger partial charge in [-0.25, -0.2) is 4.68 Å². The number of aromatic nitrogens is 3. The normalized spacial score (nSPS) is 11.1. The average Bonchev–Trinajstić information content (AvgIpc) is 2.86. The quantitative estimate of drug-likeness (QED) is 0.854. The highest BCUT2D eigenvalue weighted by Crippen LogP contribution is 2.23. The molecule has 114 valence electrons. The zero-order chi connectivity index (χ0) is 15.2. The summed E-state index contributed by atoms with van der Waals surface area (Å²) in [6, 6.07) is 5.56. The van der Waals surface area contributed by atoms with Crippen LogP contribution in [-0.2, 0) is 13.1 Å². The van der Waals surface area contributed by atoms with Crippen molar-refractivity contribution in [2.24, 2.45) is 5.92 Å². The molecule has 2 rings (SSSR count). The van der Waals surface area contributed by atoms with Crippen LogP contribution in [0.15, 0.2) is 24.4 Å². The highest BCUT2D eigenvalue weighted by molar-refractivity contribution is 6.30. The largest absolute Gasteiger partial charge is 0.496 e. The van der Waals surface area contributed by atoms with E-state index in [9.17, 15) is 0 Å². The fraction of sp³-hybridized carbons (Fsp3) is 0.467. The Balaban J connectivity index is 2.00. The van der Waals surface area contributed by atoms with Gasteiger partial charge in [0.05, 0.1) is 25.5 Å². The van der Waals surface area contributed by atoms with Gasteiger partial charge in [-0.3, -0.25) is 0 Å². The lowest BCUT2D eigenvalue weighted by Gasteiger charge is -2.08. The van der Waals surface area contributed by atoms with Crippen LogP contribution in [0, 0.1) is 5.92 Å². The summed E-state index contributed by atoms with van der Waals surface area (Å²) in [5.74, 6) is 1.42. The van der Waals surface area contributed by atoms with Gasteiger partial charge in [-0.05, 0) is 30.7 Å². The third-order valence-corrected chi connectivity index (χ3v) is 3.25. The molecule has 0 spiro atoms. The zero-order valence-electron chi connectivity index (χ0n) is 12.6. The molecule has 5 nitrogen and oxygen atoms in total. The van der Waals surface area contributed by atoms with Crippen molar-refractivity contribution in [2.45, 2.75) is 26.9 Å². The van der Waals surface area contributed by atoms with E-state index in [0.717, 1.165) is 30.1 Å². The summed E-state index contributed by atoms with van der Waals surface area (Å²) in [7, 11) is 1.65. The van der Waals surface area contributed by atoms with Gasteiger partial charge in [0.25, 0.3) is 0 Å². The van der Waals surface area contributed by atoms with Crippen molar-refractivity contribution in [3.8, 4) is 5.75 Å². The maximum Gasteiger partial charge on any atom is 0.124 e. The van der Waals surface area contributed by atoms with E-state index in [1.54, 1.807) is 11.8 Å². The molecule has 0 aliphatic heterocycles. The number of benzene rings is 1. The number of nitrogens with one attached hydrogen (secondary N) is 1. The predicted molar refractivity (Wildman–Crippen MR) is 83.7 cm³/mol. The second-order valence-electron chi connectivity index (χ2n) is 5.39. The summed E-state index contributed by atoms with van der Waals surface area (Å²) in [6.45, 7) is 6.63. The molecular weight excluding hydrogens is 288 g/mol. The number of hydrogen-bond acceptors (Lipinski definition) is 4. The first-order chi connectivity index (χ1) is 10.1. The molecule has 0 unspecified atom stereocenters. The molecule has 6 heteroatoms. The maximum atomic E-state index is 6.03. The van der Waals surface area contributed by atoms with Gasteiger partial charge in [-0.15, -0.1) is 5.10 Å². The second-order valence-corrected chi connectivity index (χ2v) is 5.82. The van der Waals surface area contributed by atoms with Crippen molar-refractivity contribution in [3.05, 3.63) is 40.7 Å². The molecule has 1 aromatic carbocycles. The second kappa shape index (κ2) is 7.43. The minimum atomic E-state index is 0.584. The first-order valence-corrected chi connectivity index (χ1v) is 7.38. The topological polar surface area (TPSA) is 52.0 Å². The molecule has 0 amide bonds. The Morgan fingerprint density at radius 1 is 1.38 bits per heavy atom. The summed E-state index contributed by atoms with van der Waals surface area (Å²) in [6.07, 6.45) is 1.94. The SMILES string of the molecule is COc1ccc(Cl)cc1Cn1cc(CNCC(C)C)nn1. The van der Waals surface area contributed by atoms with Crippen LogP contribution in [0.5, 0.6) is 5.75 Å². The van der Waals surface area contributed by atoms with E-state index in [2.05, 4.69) is 29.5 Å². The first kappa shape index (κ1) is 15.8. The Morgan fingerprint density at radius 3 is 2.90 bits per heavy atom. The van der Waals surface area contributed by atoms with Crippen molar-refractivity contribution in [1.29, 1.82) is 0 Å². The van der Waals surface area contributed by atoms with Crippen LogP contribution in [-0.4, -0.2) is 28.6 Å². The molecule has 0 aliphatic rings. The number of halogens is 1. The Morgan fingerprint density at radius 2 is 2.19 bits per heavy atom. The zero-order valence-corrected chi connectivity index (χ0v) is 13.4. The van der Waals surface area contributed by atoms with Crippen molar-refractivity contribution in [2.75, 3.05) is 13.7 Å². The number of ether oxygens (including phenoxy) is 1. The van der Waals surface area contributed by atoms with Crippen LogP contribution in [0.25, 0.3) is 0 Å². The number of nitrogens with zero attached hydrogens (tertiary/aromatic N) is 3. The highest BCUT2D eigenvalue weighted by Gasteiger charge is 2.07. The van der Waals surface area contributed by atoms with Crippen LogP contribution in [0.4, 0.5) is 0 Å². The van der Waals surface area contributed by atoms with Gasteiger partial charge >= 0.3 is 0 Å². The van der Waals surface area contributed by atoms with Crippen molar-refractivity contribution < 1.29 is 4.74 Å². The standard InChI is InChI=1S/C15H21ClN4O/c1-11(2)7-17-8-14-10-20(19-18-14)9-12-6-13(16)4-5-15(12)21-3/h4-6,10-11,17H,7-9H2,1-3H3. The molecule has 2 aromatic rings. The monoisotopic (exact) mass is 308 g/mol. The van der Waals surface area contributed by atoms with E-state index < -0.39 is 0 Å². The molecule has 0 bridgehead atoms. The summed E-state index contributed by atoms with van der Waals surface area (Å²) >= 11 is 6.03. The molecule has 0 aliphatic carbocycles. The highest BCUT2D eigenvalue weighted by atomic mass is 35.5. The van der Waals surface area contributed by atoms with Gasteiger partial charge in [-0.2, -0.15) is 0 Å². The van der Waals surface area contributed by atoms with Gasteiger partial charge in [0.1, 0.15) is 5.75 Å². The third kappa shape index (κ3) is 4.72. The molecule has 0 fully saturated rings. The molecule has 0 radical (unpaired) electrons. The Bertz CT molecular complexity index is 583. The van der Waals surface area contributed by atoms with E-state index in [-0.39, 0.29) is 0 Å². The average molecular weight is 309 g/mol. The van der Waals surface area contributed by atoms with Crippen LogP contribution in [0.1, 0.15) is 25.1 Å². The molecule has 1 N–H and O–H groups in total. The minimum Gasteiger partial charge on any atom is -0.496 e. The third-order valence-electron chi connectivity index (χ3n) is 3.02. The number of rotatable bonds is 7. The van der Waals surface area contributed by atoms with Gasteiger partial charge in [-0.1, -0.05) is 30.7 Å². The van der Waals surface area contributed by atoms with Crippen molar-refractivity contribution in [3.63, 3.8) is 0 Å². The van der Waals surface area contributed by atoms with Gasteiger partial charge in [0, 0.05) is 17.1 Å².